The molecule has 106 valence electrons. The van der Waals surface area contributed by atoms with E-state index in [0.717, 1.165) is 39.6 Å². The molecule has 2 aromatic heterocycles. The lowest BCUT2D eigenvalue weighted by molar-refractivity contribution is 0.963. The van der Waals surface area contributed by atoms with Gasteiger partial charge in [0, 0.05) is 36.1 Å². The van der Waals surface area contributed by atoms with E-state index in [1.165, 1.54) is 0 Å². The van der Waals surface area contributed by atoms with Crippen LogP contribution in [0.4, 0.5) is 5.82 Å². The summed E-state index contributed by atoms with van der Waals surface area (Å²) in [7, 11) is 0. The second kappa shape index (κ2) is 6.18. The fourth-order valence-corrected chi connectivity index (χ4v) is 2.49. The van der Waals surface area contributed by atoms with E-state index < -0.39 is 0 Å². The Balaban J connectivity index is 2.10. The van der Waals surface area contributed by atoms with Crippen LogP contribution in [0.2, 0.25) is 0 Å². The smallest absolute Gasteiger partial charge is 0.163 e. The summed E-state index contributed by atoms with van der Waals surface area (Å²) in [6.45, 7) is 3.00. The summed E-state index contributed by atoms with van der Waals surface area (Å²) in [6.07, 6.45) is 6.49. The number of pyridine rings is 1. The van der Waals surface area contributed by atoms with E-state index in [9.17, 15) is 0 Å². The maximum absolute atomic E-state index is 4.62. The largest absolute Gasteiger partial charge is 0.369 e. The van der Waals surface area contributed by atoms with Gasteiger partial charge in [-0.1, -0.05) is 31.2 Å². The van der Waals surface area contributed by atoms with Gasteiger partial charge in [0.25, 0.3) is 0 Å². The third-order valence-corrected chi connectivity index (χ3v) is 3.78. The first-order valence-electron chi connectivity index (χ1n) is 6.89. The topological polar surface area (TPSA) is 50.7 Å². The normalized spacial score (nSPS) is 10.8. The van der Waals surface area contributed by atoms with Crippen molar-refractivity contribution in [2.24, 2.45) is 0 Å². The number of fused-ring (bicyclic) bond motifs is 1. The van der Waals surface area contributed by atoms with Crippen molar-refractivity contribution in [3.8, 4) is 11.4 Å². The molecular weight excluding hydrogens is 328 g/mol. The highest BCUT2D eigenvalue weighted by Crippen LogP contribution is 2.27. The second-order valence-electron chi connectivity index (χ2n) is 4.73. The van der Waals surface area contributed by atoms with Crippen LogP contribution >= 0.6 is 15.9 Å². The molecule has 0 aliphatic heterocycles. The average molecular weight is 343 g/mol. The molecule has 0 amide bonds. The van der Waals surface area contributed by atoms with Crippen LogP contribution in [0.1, 0.15) is 13.3 Å². The maximum Gasteiger partial charge on any atom is 0.163 e. The van der Waals surface area contributed by atoms with Crippen LogP contribution in [0, 0.1) is 0 Å². The number of hydrogen-bond acceptors (Lipinski definition) is 4. The fraction of sp³-hybridized carbons (Fsp3) is 0.188. The van der Waals surface area contributed by atoms with Gasteiger partial charge in [-0.3, -0.25) is 4.98 Å². The van der Waals surface area contributed by atoms with E-state index in [-0.39, 0.29) is 0 Å². The third kappa shape index (κ3) is 2.88. The van der Waals surface area contributed by atoms with Gasteiger partial charge in [0.1, 0.15) is 5.82 Å². The molecule has 3 rings (SSSR count). The molecule has 1 aromatic carbocycles. The highest BCUT2D eigenvalue weighted by molar-refractivity contribution is 9.10. The maximum atomic E-state index is 4.62. The molecule has 21 heavy (non-hydrogen) atoms. The third-order valence-electron chi connectivity index (χ3n) is 3.20. The van der Waals surface area contributed by atoms with Crippen molar-refractivity contribution in [3.05, 3.63) is 47.3 Å². The predicted molar refractivity (Wildman–Crippen MR) is 89.2 cm³/mol. The van der Waals surface area contributed by atoms with Crippen molar-refractivity contribution in [2.45, 2.75) is 13.3 Å². The first-order valence-corrected chi connectivity index (χ1v) is 7.68. The molecular formula is C16H15BrN4. The molecule has 0 saturated heterocycles. The Hall–Kier alpha value is -2.01. The van der Waals surface area contributed by atoms with E-state index in [4.69, 9.17) is 0 Å². The predicted octanol–water partition coefficient (Wildman–Crippen LogP) is 4.28. The Bertz CT molecular complexity index is 768. The number of anilines is 1. The van der Waals surface area contributed by atoms with E-state index in [1.54, 1.807) is 6.20 Å². The fourth-order valence-electron chi connectivity index (χ4n) is 2.16. The molecule has 0 spiro atoms. The van der Waals surface area contributed by atoms with E-state index in [0.29, 0.717) is 5.82 Å². The standard InChI is InChI=1S/C16H15BrN4/c1-2-7-19-16-14(17)10-20-15(21-16)13-9-18-8-11-5-3-4-6-12(11)13/h3-6,8-10H,2,7H2,1H3,(H,19,20,21). The molecule has 4 nitrogen and oxygen atoms in total. The average Bonchev–Trinajstić information content (AvgIpc) is 2.54. The quantitative estimate of drug-likeness (QED) is 0.768. The highest BCUT2D eigenvalue weighted by atomic mass is 79.9. The minimum atomic E-state index is 0.682. The lowest BCUT2D eigenvalue weighted by Gasteiger charge is -2.09. The molecule has 0 radical (unpaired) electrons. The van der Waals surface area contributed by atoms with Gasteiger partial charge in [0.15, 0.2) is 5.82 Å². The summed E-state index contributed by atoms with van der Waals surface area (Å²) in [5, 5.41) is 5.50. The van der Waals surface area contributed by atoms with Crippen molar-refractivity contribution in [1.29, 1.82) is 0 Å². The van der Waals surface area contributed by atoms with Gasteiger partial charge >= 0.3 is 0 Å². The molecule has 5 heteroatoms. The van der Waals surface area contributed by atoms with Crippen LogP contribution < -0.4 is 5.32 Å². The van der Waals surface area contributed by atoms with Gasteiger partial charge < -0.3 is 5.32 Å². The number of aromatic nitrogens is 3. The monoisotopic (exact) mass is 342 g/mol. The zero-order valence-corrected chi connectivity index (χ0v) is 13.3. The molecule has 0 fully saturated rings. The number of rotatable bonds is 4. The van der Waals surface area contributed by atoms with Crippen molar-refractivity contribution in [2.75, 3.05) is 11.9 Å². The minimum Gasteiger partial charge on any atom is -0.369 e. The Kier molecular flexibility index (Phi) is 4.10. The van der Waals surface area contributed by atoms with Gasteiger partial charge in [0.05, 0.1) is 4.47 Å². The SMILES string of the molecule is CCCNc1nc(-c2cncc3ccccc23)ncc1Br. The summed E-state index contributed by atoms with van der Waals surface area (Å²) in [5.41, 5.74) is 0.945. The van der Waals surface area contributed by atoms with E-state index in [1.807, 2.05) is 30.6 Å². The van der Waals surface area contributed by atoms with Crippen LogP contribution in [0.25, 0.3) is 22.2 Å². The van der Waals surface area contributed by atoms with Gasteiger partial charge in [-0.2, -0.15) is 0 Å². The van der Waals surface area contributed by atoms with Crippen molar-refractivity contribution in [1.82, 2.24) is 15.0 Å². The Morgan fingerprint density at radius 1 is 1.14 bits per heavy atom. The van der Waals surface area contributed by atoms with Gasteiger partial charge in [-0.15, -0.1) is 0 Å². The number of halogens is 1. The van der Waals surface area contributed by atoms with Gasteiger partial charge in [-0.05, 0) is 27.7 Å². The van der Waals surface area contributed by atoms with Crippen molar-refractivity contribution in [3.63, 3.8) is 0 Å². The number of benzene rings is 1. The lowest BCUT2D eigenvalue weighted by atomic mass is 10.1. The van der Waals surface area contributed by atoms with Crippen LogP contribution in [0.5, 0.6) is 0 Å². The lowest BCUT2D eigenvalue weighted by Crippen LogP contribution is -2.04. The number of hydrogen-bond donors (Lipinski definition) is 1. The summed E-state index contributed by atoms with van der Waals surface area (Å²) >= 11 is 3.48. The van der Waals surface area contributed by atoms with Crippen molar-refractivity contribution < 1.29 is 0 Å². The molecule has 0 unspecified atom stereocenters. The Labute approximate surface area is 131 Å². The Morgan fingerprint density at radius 2 is 2.00 bits per heavy atom. The van der Waals surface area contributed by atoms with Gasteiger partial charge in [-0.25, -0.2) is 9.97 Å². The molecule has 3 aromatic rings. The molecule has 0 bridgehead atoms. The summed E-state index contributed by atoms with van der Waals surface area (Å²) < 4.78 is 0.868. The zero-order chi connectivity index (χ0) is 14.7. The molecule has 2 heterocycles. The van der Waals surface area contributed by atoms with Crippen LogP contribution in [0.3, 0.4) is 0 Å². The second-order valence-corrected chi connectivity index (χ2v) is 5.58. The summed E-state index contributed by atoms with van der Waals surface area (Å²) in [6, 6.07) is 8.13. The zero-order valence-electron chi connectivity index (χ0n) is 11.7. The molecule has 0 saturated carbocycles. The van der Waals surface area contributed by atoms with Crippen LogP contribution in [0.15, 0.2) is 47.3 Å². The first-order chi connectivity index (χ1) is 10.3. The summed E-state index contributed by atoms with van der Waals surface area (Å²) in [5.74, 6) is 1.50. The van der Waals surface area contributed by atoms with Gasteiger partial charge in [0.2, 0.25) is 0 Å². The number of nitrogens with zero attached hydrogens (tertiary/aromatic N) is 3. The van der Waals surface area contributed by atoms with Crippen LogP contribution in [-0.2, 0) is 0 Å². The Morgan fingerprint density at radius 3 is 2.86 bits per heavy atom. The van der Waals surface area contributed by atoms with Crippen molar-refractivity contribution >= 4 is 32.5 Å². The van der Waals surface area contributed by atoms with E-state index >= 15 is 0 Å². The van der Waals surface area contributed by atoms with Crippen LogP contribution in [-0.4, -0.2) is 21.5 Å². The summed E-state index contributed by atoms with van der Waals surface area (Å²) in [4.78, 5) is 13.3. The molecule has 1 N–H and O–H groups in total. The van der Waals surface area contributed by atoms with E-state index in [2.05, 4.69) is 49.2 Å². The minimum absolute atomic E-state index is 0.682. The molecule has 0 atom stereocenters. The highest BCUT2D eigenvalue weighted by Gasteiger charge is 2.10. The molecule has 0 aliphatic carbocycles. The molecule has 0 aliphatic rings. The first kappa shape index (κ1) is 13.9. The number of nitrogens with one attached hydrogen (secondary N) is 1.